The highest BCUT2D eigenvalue weighted by atomic mass is 32.1. The summed E-state index contributed by atoms with van der Waals surface area (Å²) in [6.45, 7) is 1.57. The molecule has 0 aliphatic rings. The summed E-state index contributed by atoms with van der Waals surface area (Å²) in [5, 5.41) is 14.0. The number of aliphatic hydroxyl groups excluding tert-OH is 1. The molecule has 0 saturated heterocycles. The zero-order chi connectivity index (χ0) is 20.6. The van der Waals surface area contributed by atoms with Crippen LogP contribution < -0.4 is 15.6 Å². The number of hydrogen-bond donors (Lipinski definition) is 3. The van der Waals surface area contributed by atoms with E-state index in [-0.39, 0.29) is 12.2 Å². The molecule has 3 rings (SSSR count). The molecule has 152 valence electrons. The van der Waals surface area contributed by atoms with Crippen molar-refractivity contribution in [3.63, 3.8) is 0 Å². The van der Waals surface area contributed by atoms with Crippen LogP contribution in [0.3, 0.4) is 0 Å². The predicted molar refractivity (Wildman–Crippen MR) is 119 cm³/mol. The Morgan fingerprint density at radius 1 is 1.21 bits per heavy atom. The van der Waals surface area contributed by atoms with Crippen molar-refractivity contribution in [3.8, 4) is 5.75 Å². The van der Waals surface area contributed by atoms with E-state index in [9.17, 15) is 9.90 Å². The lowest BCUT2D eigenvalue weighted by Crippen LogP contribution is -2.40. The van der Waals surface area contributed by atoms with Crippen LogP contribution in [0.2, 0.25) is 0 Å². The van der Waals surface area contributed by atoms with E-state index in [1.54, 1.807) is 13.2 Å². The first kappa shape index (κ1) is 20.8. The van der Waals surface area contributed by atoms with Crippen LogP contribution in [0, 0.1) is 0 Å². The molecule has 0 unspecified atom stereocenters. The maximum atomic E-state index is 12.6. The third kappa shape index (κ3) is 5.56. The number of methoxy groups -OCH3 is 1. The molecule has 6 nitrogen and oxygen atoms in total. The fourth-order valence-electron chi connectivity index (χ4n) is 3.07. The van der Waals surface area contributed by atoms with Gasteiger partial charge >= 0.3 is 0 Å². The minimum Gasteiger partial charge on any atom is -0.497 e. The van der Waals surface area contributed by atoms with Gasteiger partial charge in [-0.15, -0.1) is 0 Å². The number of nitrogens with zero attached hydrogens (tertiary/aromatic N) is 1. The van der Waals surface area contributed by atoms with E-state index in [0.717, 1.165) is 16.5 Å². The number of aromatic nitrogens is 1. The summed E-state index contributed by atoms with van der Waals surface area (Å²) in [5.41, 5.74) is 2.30. The molecule has 1 aromatic heterocycles. The first-order valence-corrected chi connectivity index (χ1v) is 9.89. The lowest BCUT2D eigenvalue weighted by atomic mass is 10.1. The number of benzene rings is 2. The molecule has 0 atom stereocenters. The normalized spacial score (nSPS) is 10.7. The van der Waals surface area contributed by atoms with Gasteiger partial charge in [-0.05, 0) is 47.8 Å². The Kier molecular flexibility index (Phi) is 7.21. The molecule has 2 aromatic carbocycles. The van der Waals surface area contributed by atoms with Crippen LogP contribution in [0.4, 0.5) is 0 Å². The van der Waals surface area contributed by atoms with Gasteiger partial charge in [0.15, 0.2) is 5.11 Å². The molecular formula is C22H25N3O3S. The molecular weight excluding hydrogens is 386 g/mol. The van der Waals surface area contributed by atoms with Crippen LogP contribution in [0.25, 0.3) is 10.9 Å². The van der Waals surface area contributed by atoms with E-state index >= 15 is 0 Å². The Morgan fingerprint density at radius 3 is 2.72 bits per heavy atom. The molecule has 0 bridgehead atoms. The van der Waals surface area contributed by atoms with E-state index < -0.39 is 0 Å². The van der Waals surface area contributed by atoms with Gasteiger partial charge in [-0.25, -0.2) is 0 Å². The number of fused-ring (bicyclic) bond motifs is 1. The van der Waals surface area contributed by atoms with Gasteiger partial charge in [-0.1, -0.05) is 30.3 Å². The monoisotopic (exact) mass is 411 g/mol. The molecule has 29 heavy (non-hydrogen) atoms. The summed E-state index contributed by atoms with van der Waals surface area (Å²) < 4.78 is 5.22. The van der Waals surface area contributed by atoms with Gasteiger partial charge in [0.1, 0.15) is 5.75 Å². The van der Waals surface area contributed by atoms with E-state index in [1.807, 2.05) is 53.4 Å². The first-order chi connectivity index (χ1) is 14.1. The minimum absolute atomic E-state index is 0.0612. The fraction of sp³-hybridized carbons (Fsp3) is 0.273. The van der Waals surface area contributed by atoms with E-state index in [2.05, 4.69) is 10.3 Å². The Hall–Kier alpha value is -2.90. The van der Waals surface area contributed by atoms with Crippen molar-refractivity contribution in [2.24, 2.45) is 0 Å². The zero-order valence-electron chi connectivity index (χ0n) is 16.4. The molecule has 0 saturated carbocycles. The third-order valence-corrected chi connectivity index (χ3v) is 5.05. The second-order valence-corrected chi connectivity index (χ2v) is 7.11. The number of thiocarbonyl (C=S) groups is 1. The second kappa shape index (κ2) is 10.0. The maximum Gasteiger partial charge on any atom is 0.253 e. The largest absolute Gasteiger partial charge is 0.497 e. The van der Waals surface area contributed by atoms with Crippen molar-refractivity contribution < 1.29 is 9.84 Å². The molecule has 0 aliphatic heterocycles. The van der Waals surface area contributed by atoms with Gasteiger partial charge < -0.3 is 25.0 Å². The molecule has 7 heteroatoms. The lowest BCUT2D eigenvalue weighted by molar-refractivity contribution is 0.264. The summed E-state index contributed by atoms with van der Waals surface area (Å²) in [6, 6.07) is 17.4. The molecule has 1 heterocycles. The molecule has 0 aliphatic carbocycles. The Morgan fingerprint density at radius 2 is 2.00 bits per heavy atom. The van der Waals surface area contributed by atoms with Crippen LogP contribution in [0.5, 0.6) is 5.75 Å². The lowest BCUT2D eigenvalue weighted by Gasteiger charge is -2.25. The molecule has 0 amide bonds. The standard InChI is InChI=1S/C22H25N3O3S/c1-28-19-9-8-17-12-18(21(27)24-20(17)13-19)15-25(10-5-11-26)22(29)23-14-16-6-3-2-4-7-16/h2-4,6-9,12-13,26H,5,10-11,14-15H2,1H3,(H,23,29)(H,24,27). The van der Waals surface area contributed by atoms with Crippen molar-refractivity contribution in [1.82, 2.24) is 15.2 Å². The molecule has 3 aromatic rings. The van der Waals surface area contributed by atoms with Crippen molar-refractivity contribution in [3.05, 3.63) is 76.1 Å². The first-order valence-electron chi connectivity index (χ1n) is 9.48. The highest BCUT2D eigenvalue weighted by Crippen LogP contribution is 2.19. The summed E-state index contributed by atoms with van der Waals surface area (Å²) in [7, 11) is 1.59. The van der Waals surface area contributed by atoms with Crippen LogP contribution in [0.1, 0.15) is 17.5 Å². The number of rotatable bonds is 8. The van der Waals surface area contributed by atoms with E-state index in [1.165, 1.54) is 0 Å². The number of nitrogens with one attached hydrogen (secondary N) is 2. The van der Waals surface area contributed by atoms with Crippen molar-refractivity contribution in [1.29, 1.82) is 0 Å². The van der Waals surface area contributed by atoms with Crippen molar-refractivity contribution in [2.45, 2.75) is 19.5 Å². The van der Waals surface area contributed by atoms with Gasteiger partial charge in [0, 0.05) is 31.3 Å². The van der Waals surface area contributed by atoms with Crippen LogP contribution >= 0.6 is 12.2 Å². The highest BCUT2D eigenvalue weighted by Gasteiger charge is 2.13. The maximum absolute atomic E-state index is 12.6. The van der Waals surface area contributed by atoms with Crippen LogP contribution in [0.15, 0.2) is 59.4 Å². The average Bonchev–Trinajstić information content (AvgIpc) is 2.75. The summed E-state index contributed by atoms with van der Waals surface area (Å²) in [6.07, 6.45) is 0.565. The van der Waals surface area contributed by atoms with E-state index in [0.29, 0.717) is 42.5 Å². The van der Waals surface area contributed by atoms with Crippen molar-refractivity contribution >= 4 is 28.2 Å². The molecule has 3 N–H and O–H groups in total. The Balaban J connectivity index is 1.77. The Bertz CT molecular complexity index is 1020. The summed E-state index contributed by atoms with van der Waals surface area (Å²) in [4.78, 5) is 17.4. The van der Waals surface area contributed by atoms with Crippen LogP contribution in [-0.4, -0.2) is 40.4 Å². The SMILES string of the molecule is COc1ccc2cc(CN(CCCO)C(=S)NCc3ccccc3)c(=O)[nH]c2c1. The highest BCUT2D eigenvalue weighted by molar-refractivity contribution is 7.80. The van der Waals surface area contributed by atoms with Crippen LogP contribution in [-0.2, 0) is 13.1 Å². The topological polar surface area (TPSA) is 77.6 Å². The summed E-state index contributed by atoms with van der Waals surface area (Å²) >= 11 is 5.56. The number of ether oxygens (including phenoxy) is 1. The molecule has 0 fully saturated rings. The number of aliphatic hydroxyl groups is 1. The van der Waals surface area contributed by atoms with Gasteiger partial charge in [0.05, 0.1) is 19.2 Å². The average molecular weight is 412 g/mol. The second-order valence-electron chi connectivity index (χ2n) is 6.72. The van der Waals surface area contributed by atoms with E-state index in [4.69, 9.17) is 17.0 Å². The molecule has 0 spiro atoms. The van der Waals surface area contributed by atoms with Gasteiger partial charge in [-0.3, -0.25) is 4.79 Å². The number of aromatic amines is 1. The quantitative estimate of drug-likeness (QED) is 0.495. The number of hydrogen-bond acceptors (Lipinski definition) is 4. The number of H-pyrrole nitrogens is 1. The smallest absolute Gasteiger partial charge is 0.253 e. The zero-order valence-corrected chi connectivity index (χ0v) is 17.2. The van der Waals surface area contributed by atoms with Crippen molar-refractivity contribution in [2.75, 3.05) is 20.3 Å². The fourth-order valence-corrected chi connectivity index (χ4v) is 3.30. The minimum atomic E-state index is -0.161. The Labute approximate surface area is 175 Å². The number of pyridine rings is 1. The predicted octanol–water partition coefficient (Wildman–Crippen LogP) is 2.80. The van der Waals surface area contributed by atoms with Gasteiger partial charge in [0.2, 0.25) is 0 Å². The molecule has 0 radical (unpaired) electrons. The summed E-state index contributed by atoms with van der Waals surface area (Å²) in [5.74, 6) is 0.691. The third-order valence-electron chi connectivity index (χ3n) is 4.65. The van der Waals surface area contributed by atoms with Gasteiger partial charge in [0.25, 0.3) is 5.56 Å². The van der Waals surface area contributed by atoms with Gasteiger partial charge in [-0.2, -0.15) is 0 Å².